The lowest BCUT2D eigenvalue weighted by Gasteiger charge is -2.49. The molecular weight excluding hydrogens is 271 g/mol. The summed E-state index contributed by atoms with van der Waals surface area (Å²) in [4.78, 5) is 26.6. The standard InChI is InChI=1S/C16H21FN2O2/c1-5-16(4)13(20)18-15(2,3)14(21)19(16)10-11-7-6-8-12(17)9-11/h6-9H,5,10H2,1-4H3,(H,18,20). The molecular formula is C16H21FN2O2. The molecule has 2 rings (SSSR count). The van der Waals surface area contributed by atoms with Gasteiger partial charge >= 0.3 is 0 Å². The first-order valence-electron chi connectivity index (χ1n) is 7.10. The molecule has 21 heavy (non-hydrogen) atoms. The normalized spacial score (nSPS) is 24.9. The van der Waals surface area contributed by atoms with Crippen LogP contribution in [0.15, 0.2) is 24.3 Å². The largest absolute Gasteiger partial charge is 0.340 e. The minimum absolute atomic E-state index is 0.157. The Labute approximate surface area is 124 Å². The van der Waals surface area contributed by atoms with Crippen molar-refractivity contribution in [2.24, 2.45) is 0 Å². The molecule has 1 unspecified atom stereocenters. The fourth-order valence-corrected chi connectivity index (χ4v) is 2.57. The summed E-state index contributed by atoms with van der Waals surface area (Å²) in [7, 11) is 0. The zero-order chi connectivity index (χ0) is 15.8. The fourth-order valence-electron chi connectivity index (χ4n) is 2.57. The number of nitrogens with zero attached hydrogens (tertiary/aromatic N) is 1. The maximum Gasteiger partial charge on any atom is 0.248 e. The summed E-state index contributed by atoms with van der Waals surface area (Å²) in [5.74, 6) is -0.680. The Balaban J connectivity index is 2.40. The van der Waals surface area contributed by atoms with Gasteiger partial charge in [-0.2, -0.15) is 0 Å². The summed E-state index contributed by atoms with van der Waals surface area (Å²) in [5, 5.41) is 2.77. The third-order valence-electron chi connectivity index (χ3n) is 4.21. The van der Waals surface area contributed by atoms with E-state index in [4.69, 9.17) is 0 Å². The van der Waals surface area contributed by atoms with E-state index in [-0.39, 0.29) is 24.2 Å². The third-order valence-corrected chi connectivity index (χ3v) is 4.21. The van der Waals surface area contributed by atoms with Crippen LogP contribution in [0, 0.1) is 5.82 Å². The predicted molar refractivity (Wildman–Crippen MR) is 77.9 cm³/mol. The Morgan fingerprint density at radius 3 is 2.48 bits per heavy atom. The number of halogens is 1. The van der Waals surface area contributed by atoms with Gasteiger partial charge in [0, 0.05) is 6.54 Å². The first-order valence-corrected chi connectivity index (χ1v) is 7.10. The molecule has 2 amide bonds. The van der Waals surface area contributed by atoms with Crippen molar-refractivity contribution in [2.45, 2.75) is 51.7 Å². The predicted octanol–water partition coefficient (Wildman–Crippen LogP) is 2.23. The molecule has 0 radical (unpaired) electrons. The molecule has 1 atom stereocenters. The van der Waals surface area contributed by atoms with Gasteiger partial charge in [0.25, 0.3) is 0 Å². The molecule has 4 nitrogen and oxygen atoms in total. The van der Waals surface area contributed by atoms with Gasteiger partial charge in [0.1, 0.15) is 16.9 Å². The highest BCUT2D eigenvalue weighted by atomic mass is 19.1. The molecule has 1 fully saturated rings. The first-order chi connectivity index (χ1) is 9.70. The number of amides is 2. The number of benzene rings is 1. The van der Waals surface area contributed by atoms with E-state index in [2.05, 4.69) is 5.32 Å². The van der Waals surface area contributed by atoms with Crippen molar-refractivity contribution in [1.82, 2.24) is 10.2 Å². The van der Waals surface area contributed by atoms with Crippen molar-refractivity contribution in [1.29, 1.82) is 0 Å². The number of carbonyl (C=O) groups excluding carboxylic acids is 2. The second-order valence-electron chi connectivity index (χ2n) is 6.23. The number of piperazine rings is 1. The third kappa shape index (κ3) is 2.64. The van der Waals surface area contributed by atoms with E-state index < -0.39 is 11.1 Å². The Morgan fingerprint density at radius 1 is 1.24 bits per heavy atom. The van der Waals surface area contributed by atoms with E-state index in [1.54, 1.807) is 37.8 Å². The van der Waals surface area contributed by atoms with Crippen molar-refractivity contribution in [3.8, 4) is 0 Å². The number of hydrogen-bond acceptors (Lipinski definition) is 2. The molecule has 0 spiro atoms. The second-order valence-corrected chi connectivity index (χ2v) is 6.23. The van der Waals surface area contributed by atoms with E-state index in [1.165, 1.54) is 12.1 Å². The van der Waals surface area contributed by atoms with Crippen LogP contribution in [-0.4, -0.2) is 27.8 Å². The van der Waals surface area contributed by atoms with Crippen LogP contribution in [0.25, 0.3) is 0 Å². The number of nitrogens with one attached hydrogen (secondary N) is 1. The Bertz CT molecular complexity index is 585. The number of hydrogen-bond donors (Lipinski definition) is 1. The molecule has 0 aromatic heterocycles. The zero-order valence-corrected chi connectivity index (χ0v) is 12.9. The summed E-state index contributed by atoms with van der Waals surface area (Å²) in [6, 6.07) is 6.11. The summed E-state index contributed by atoms with van der Waals surface area (Å²) < 4.78 is 13.3. The van der Waals surface area contributed by atoms with E-state index in [1.807, 2.05) is 6.92 Å². The second kappa shape index (κ2) is 5.13. The van der Waals surface area contributed by atoms with Gasteiger partial charge in [-0.25, -0.2) is 4.39 Å². The molecule has 114 valence electrons. The van der Waals surface area contributed by atoms with E-state index in [0.717, 1.165) is 0 Å². The zero-order valence-electron chi connectivity index (χ0n) is 12.9. The van der Waals surface area contributed by atoms with E-state index >= 15 is 0 Å². The van der Waals surface area contributed by atoms with Gasteiger partial charge in [-0.15, -0.1) is 0 Å². The summed E-state index contributed by atoms with van der Waals surface area (Å²) in [6.45, 7) is 7.19. The van der Waals surface area contributed by atoms with Crippen LogP contribution < -0.4 is 5.32 Å². The van der Waals surface area contributed by atoms with Crippen LogP contribution in [0.5, 0.6) is 0 Å². The van der Waals surface area contributed by atoms with Crippen LogP contribution in [0.1, 0.15) is 39.7 Å². The average molecular weight is 292 g/mol. The van der Waals surface area contributed by atoms with Crippen molar-refractivity contribution < 1.29 is 14.0 Å². The monoisotopic (exact) mass is 292 g/mol. The smallest absolute Gasteiger partial charge is 0.248 e. The molecule has 0 saturated carbocycles. The lowest BCUT2D eigenvalue weighted by molar-refractivity contribution is -0.161. The Morgan fingerprint density at radius 2 is 1.90 bits per heavy atom. The molecule has 1 aliphatic rings. The number of rotatable bonds is 3. The molecule has 1 saturated heterocycles. The van der Waals surface area contributed by atoms with E-state index in [0.29, 0.717) is 12.0 Å². The maximum absolute atomic E-state index is 13.3. The van der Waals surface area contributed by atoms with Crippen molar-refractivity contribution in [2.75, 3.05) is 0 Å². The van der Waals surface area contributed by atoms with Gasteiger partial charge in [0.05, 0.1) is 0 Å². The van der Waals surface area contributed by atoms with Crippen LogP contribution in [0.4, 0.5) is 4.39 Å². The minimum Gasteiger partial charge on any atom is -0.340 e. The Hall–Kier alpha value is -1.91. The maximum atomic E-state index is 13.3. The molecule has 0 bridgehead atoms. The lowest BCUT2D eigenvalue weighted by Crippen LogP contribution is -2.72. The van der Waals surface area contributed by atoms with E-state index in [9.17, 15) is 14.0 Å². The first kappa shape index (κ1) is 15.5. The van der Waals surface area contributed by atoms with Crippen molar-refractivity contribution in [3.05, 3.63) is 35.6 Å². The van der Waals surface area contributed by atoms with Crippen LogP contribution >= 0.6 is 0 Å². The molecule has 1 N–H and O–H groups in total. The highest BCUT2D eigenvalue weighted by molar-refractivity contribution is 6.01. The van der Waals surface area contributed by atoms with Gasteiger partial charge in [-0.05, 0) is 44.9 Å². The van der Waals surface area contributed by atoms with Gasteiger partial charge in [-0.3, -0.25) is 9.59 Å². The molecule has 1 aromatic rings. The molecule has 1 heterocycles. The molecule has 0 aliphatic carbocycles. The van der Waals surface area contributed by atoms with Gasteiger partial charge in [-0.1, -0.05) is 19.1 Å². The van der Waals surface area contributed by atoms with Gasteiger partial charge in [0.15, 0.2) is 0 Å². The summed E-state index contributed by atoms with van der Waals surface area (Å²) in [5.41, 5.74) is -1.19. The van der Waals surface area contributed by atoms with Crippen LogP contribution in [0.2, 0.25) is 0 Å². The average Bonchev–Trinajstić information content (AvgIpc) is 2.41. The topological polar surface area (TPSA) is 49.4 Å². The Kier molecular flexibility index (Phi) is 3.78. The SMILES string of the molecule is CCC1(C)C(=O)NC(C)(C)C(=O)N1Cc1cccc(F)c1. The molecule has 1 aromatic carbocycles. The fraction of sp³-hybridized carbons (Fsp3) is 0.500. The van der Waals surface area contributed by atoms with Gasteiger partial charge in [0.2, 0.25) is 11.8 Å². The molecule has 1 aliphatic heterocycles. The van der Waals surface area contributed by atoms with Crippen molar-refractivity contribution >= 4 is 11.8 Å². The summed E-state index contributed by atoms with van der Waals surface area (Å²) in [6.07, 6.45) is 0.496. The van der Waals surface area contributed by atoms with Crippen LogP contribution in [0.3, 0.4) is 0 Å². The number of carbonyl (C=O) groups is 2. The quantitative estimate of drug-likeness (QED) is 0.928. The highest BCUT2D eigenvalue weighted by Gasteiger charge is 2.51. The van der Waals surface area contributed by atoms with Gasteiger partial charge < -0.3 is 10.2 Å². The summed E-state index contributed by atoms with van der Waals surface area (Å²) >= 11 is 0. The molecule has 5 heteroatoms. The van der Waals surface area contributed by atoms with Crippen molar-refractivity contribution in [3.63, 3.8) is 0 Å². The highest BCUT2D eigenvalue weighted by Crippen LogP contribution is 2.30. The minimum atomic E-state index is -0.945. The van der Waals surface area contributed by atoms with Crippen LogP contribution in [-0.2, 0) is 16.1 Å². The lowest BCUT2D eigenvalue weighted by atomic mass is 9.86.